The van der Waals surface area contributed by atoms with Crippen molar-refractivity contribution in [3.63, 3.8) is 0 Å². The van der Waals surface area contributed by atoms with Gasteiger partial charge in [-0.2, -0.15) is 0 Å². The first-order valence-corrected chi connectivity index (χ1v) is 6.16. The Kier molecular flexibility index (Phi) is 3.74. The number of amides is 1. The molecule has 1 fully saturated rings. The number of carbonyl (C=O) groups excluding carboxylic acids is 1. The molecular weight excluding hydrogens is 214 g/mol. The third-order valence-electron chi connectivity index (χ3n) is 3.50. The van der Waals surface area contributed by atoms with E-state index < -0.39 is 0 Å². The predicted octanol–water partition coefficient (Wildman–Crippen LogP) is 1.28. The Morgan fingerprint density at radius 1 is 1.59 bits per heavy atom. The van der Waals surface area contributed by atoms with Crippen LogP contribution in [0, 0.1) is 5.92 Å². The number of pyridine rings is 1. The average molecular weight is 233 g/mol. The van der Waals surface area contributed by atoms with Crippen LogP contribution in [-0.4, -0.2) is 34.9 Å². The molecule has 1 aromatic heterocycles. The van der Waals surface area contributed by atoms with Gasteiger partial charge >= 0.3 is 0 Å². The highest BCUT2D eigenvalue weighted by atomic mass is 16.2. The molecule has 1 aliphatic rings. The molecule has 1 aliphatic heterocycles. The van der Waals surface area contributed by atoms with Crippen molar-refractivity contribution < 1.29 is 4.79 Å². The van der Waals surface area contributed by atoms with E-state index in [1.54, 1.807) is 12.3 Å². The summed E-state index contributed by atoms with van der Waals surface area (Å²) in [6, 6.07) is 5.56. The smallest absolute Gasteiger partial charge is 0.272 e. The summed E-state index contributed by atoms with van der Waals surface area (Å²) in [6.07, 6.45) is 3.85. The number of aromatic nitrogens is 1. The predicted molar refractivity (Wildman–Crippen MR) is 66.5 cm³/mol. The summed E-state index contributed by atoms with van der Waals surface area (Å²) in [5, 5.41) is 0. The molecule has 1 aromatic rings. The zero-order chi connectivity index (χ0) is 12.3. The average Bonchev–Trinajstić information content (AvgIpc) is 2.38. The molecule has 2 rings (SSSR count). The zero-order valence-corrected chi connectivity index (χ0v) is 10.2. The Hall–Kier alpha value is -1.42. The fourth-order valence-corrected chi connectivity index (χ4v) is 2.50. The van der Waals surface area contributed by atoms with Crippen molar-refractivity contribution in [3.05, 3.63) is 30.1 Å². The number of hydrogen-bond acceptors (Lipinski definition) is 3. The van der Waals surface area contributed by atoms with E-state index >= 15 is 0 Å². The maximum atomic E-state index is 12.3. The van der Waals surface area contributed by atoms with Crippen LogP contribution < -0.4 is 5.73 Å². The molecule has 0 aliphatic carbocycles. The van der Waals surface area contributed by atoms with Crippen LogP contribution in [0.5, 0.6) is 0 Å². The minimum atomic E-state index is 0.00704. The largest absolute Gasteiger partial charge is 0.333 e. The molecule has 17 heavy (non-hydrogen) atoms. The quantitative estimate of drug-likeness (QED) is 0.837. The second-order valence-electron chi connectivity index (χ2n) is 4.64. The van der Waals surface area contributed by atoms with Gasteiger partial charge in [0.05, 0.1) is 0 Å². The van der Waals surface area contributed by atoms with E-state index in [0.29, 0.717) is 18.2 Å². The van der Waals surface area contributed by atoms with Crippen molar-refractivity contribution >= 4 is 5.91 Å². The highest BCUT2D eigenvalue weighted by Crippen LogP contribution is 2.23. The lowest BCUT2D eigenvalue weighted by Gasteiger charge is -2.39. The number of rotatable bonds is 2. The van der Waals surface area contributed by atoms with Crippen LogP contribution in [0.1, 0.15) is 30.3 Å². The summed E-state index contributed by atoms with van der Waals surface area (Å²) in [5.74, 6) is 0.481. The molecule has 0 bridgehead atoms. The first-order valence-electron chi connectivity index (χ1n) is 6.16. The van der Waals surface area contributed by atoms with Gasteiger partial charge in [0.25, 0.3) is 5.91 Å². The lowest BCUT2D eigenvalue weighted by molar-refractivity contribution is 0.0526. The number of likely N-dealkylation sites (tertiary alicyclic amines) is 1. The van der Waals surface area contributed by atoms with Gasteiger partial charge in [-0.05, 0) is 30.9 Å². The number of nitrogens with zero attached hydrogens (tertiary/aromatic N) is 2. The topological polar surface area (TPSA) is 59.2 Å². The molecule has 1 amide bonds. The minimum absolute atomic E-state index is 0.00704. The number of nitrogens with two attached hydrogens (primary N) is 1. The minimum Gasteiger partial charge on any atom is -0.333 e. The molecule has 92 valence electrons. The molecule has 0 radical (unpaired) electrons. The Morgan fingerprint density at radius 3 is 3.06 bits per heavy atom. The van der Waals surface area contributed by atoms with Crippen molar-refractivity contribution in [2.45, 2.75) is 25.8 Å². The van der Waals surface area contributed by atoms with Gasteiger partial charge in [0.2, 0.25) is 0 Å². The van der Waals surface area contributed by atoms with Crippen molar-refractivity contribution in [2.24, 2.45) is 11.7 Å². The van der Waals surface area contributed by atoms with Gasteiger partial charge in [-0.15, -0.1) is 0 Å². The molecule has 2 N–H and O–H groups in total. The van der Waals surface area contributed by atoms with Gasteiger partial charge in [0.1, 0.15) is 5.69 Å². The van der Waals surface area contributed by atoms with Crippen molar-refractivity contribution in [2.75, 3.05) is 13.1 Å². The molecular formula is C13H19N3O. The molecule has 0 saturated carbocycles. The van der Waals surface area contributed by atoms with Gasteiger partial charge in [-0.25, -0.2) is 0 Å². The summed E-state index contributed by atoms with van der Waals surface area (Å²) in [4.78, 5) is 18.3. The van der Waals surface area contributed by atoms with Crippen LogP contribution in [0.3, 0.4) is 0 Å². The van der Waals surface area contributed by atoms with Crippen LogP contribution in [0.15, 0.2) is 24.4 Å². The standard InChI is InChI=1S/C13H19N3O/c1-10-5-4-8-16(12(10)9-14)13(17)11-6-2-3-7-15-11/h2-3,6-7,10,12H,4-5,8-9,14H2,1H3. The molecule has 0 aromatic carbocycles. The van der Waals surface area contributed by atoms with Crippen molar-refractivity contribution in [1.29, 1.82) is 0 Å². The highest BCUT2D eigenvalue weighted by Gasteiger charge is 2.31. The zero-order valence-electron chi connectivity index (χ0n) is 10.2. The summed E-state index contributed by atoms with van der Waals surface area (Å²) >= 11 is 0. The summed E-state index contributed by atoms with van der Waals surface area (Å²) in [7, 11) is 0. The lowest BCUT2D eigenvalue weighted by Crippen LogP contribution is -2.51. The molecule has 2 heterocycles. The Morgan fingerprint density at radius 2 is 2.41 bits per heavy atom. The first-order chi connectivity index (χ1) is 8.24. The Bertz CT molecular complexity index is 380. The second-order valence-corrected chi connectivity index (χ2v) is 4.64. The Balaban J connectivity index is 2.18. The molecule has 2 unspecified atom stereocenters. The van der Waals surface area contributed by atoms with Crippen LogP contribution in [-0.2, 0) is 0 Å². The molecule has 2 atom stereocenters. The van der Waals surface area contributed by atoms with E-state index in [4.69, 9.17) is 5.73 Å². The summed E-state index contributed by atoms with van der Waals surface area (Å²) in [5.41, 5.74) is 6.30. The highest BCUT2D eigenvalue weighted by molar-refractivity contribution is 5.92. The van der Waals surface area contributed by atoms with E-state index in [1.165, 1.54) is 0 Å². The third-order valence-corrected chi connectivity index (χ3v) is 3.50. The van der Waals surface area contributed by atoms with Crippen LogP contribution in [0.25, 0.3) is 0 Å². The molecule has 1 saturated heterocycles. The first kappa shape index (κ1) is 12.0. The SMILES string of the molecule is CC1CCCN(C(=O)c2ccccn2)C1CN. The lowest BCUT2D eigenvalue weighted by atomic mass is 9.90. The van der Waals surface area contributed by atoms with Gasteiger partial charge < -0.3 is 10.6 Å². The van der Waals surface area contributed by atoms with Gasteiger partial charge in [-0.3, -0.25) is 9.78 Å². The summed E-state index contributed by atoms with van der Waals surface area (Å²) < 4.78 is 0. The van der Waals surface area contributed by atoms with E-state index in [9.17, 15) is 4.79 Å². The maximum absolute atomic E-state index is 12.3. The van der Waals surface area contributed by atoms with E-state index in [2.05, 4.69) is 11.9 Å². The molecule has 4 heteroatoms. The fourth-order valence-electron chi connectivity index (χ4n) is 2.50. The van der Waals surface area contributed by atoms with Gasteiger partial charge in [-0.1, -0.05) is 13.0 Å². The van der Waals surface area contributed by atoms with E-state index in [-0.39, 0.29) is 11.9 Å². The summed E-state index contributed by atoms with van der Waals surface area (Å²) in [6.45, 7) is 3.48. The molecule has 0 spiro atoms. The number of carbonyl (C=O) groups is 1. The van der Waals surface area contributed by atoms with E-state index in [1.807, 2.05) is 17.0 Å². The van der Waals surface area contributed by atoms with E-state index in [0.717, 1.165) is 19.4 Å². The van der Waals surface area contributed by atoms with Crippen LogP contribution in [0.4, 0.5) is 0 Å². The van der Waals surface area contributed by atoms with Crippen LogP contribution >= 0.6 is 0 Å². The monoisotopic (exact) mass is 233 g/mol. The molecule has 4 nitrogen and oxygen atoms in total. The van der Waals surface area contributed by atoms with Crippen LogP contribution in [0.2, 0.25) is 0 Å². The number of hydrogen-bond donors (Lipinski definition) is 1. The van der Waals surface area contributed by atoms with Gasteiger partial charge in [0.15, 0.2) is 0 Å². The Labute approximate surface area is 102 Å². The normalized spacial score (nSPS) is 24.7. The second kappa shape index (κ2) is 5.27. The fraction of sp³-hybridized carbons (Fsp3) is 0.538. The van der Waals surface area contributed by atoms with Gasteiger partial charge in [0, 0.05) is 25.3 Å². The van der Waals surface area contributed by atoms with Crippen molar-refractivity contribution in [1.82, 2.24) is 9.88 Å². The number of piperidine rings is 1. The maximum Gasteiger partial charge on any atom is 0.272 e. The third kappa shape index (κ3) is 2.47. The van der Waals surface area contributed by atoms with Crippen molar-refractivity contribution in [3.8, 4) is 0 Å².